The number of carbonyl (C=O) groups is 1. The molecule has 0 bridgehead atoms. The van der Waals surface area contributed by atoms with E-state index in [1.807, 2.05) is 44.4 Å². The Morgan fingerprint density at radius 2 is 2.03 bits per heavy atom. The van der Waals surface area contributed by atoms with Gasteiger partial charge in [0.25, 0.3) is 11.3 Å². The van der Waals surface area contributed by atoms with E-state index in [9.17, 15) is 9.59 Å². The first-order chi connectivity index (χ1) is 14.9. The highest BCUT2D eigenvalue weighted by atomic mass is 32.1. The molecule has 0 fully saturated rings. The molecule has 10 heteroatoms. The molecule has 0 aliphatic rings. The lowest BCUT2D eigenvalue weighted by molar-refractivity contribution is -0.121. The first kappa shape index (κ1) is 20.9. The SMILES string of the molecule is CC[C@@H](Cn1nc(-c2cccs2)ccc1=O)NC(=O)Cc1nc2nc(C)cc(C)n2n1. The third kappa shape index (κ3) is 4.69. The lowest BCUT2D eigenvalue weighted by Gasteiger charge is -2.17. The fourth-order valence-corrected chi connectivity index (χ4v) is 4.02. The Hall–Kier alpha value is -3.40. The van der Waals surface area contributed by atoms with Crippen molar-refractivity contribution < 1.29 is 4.79 Å². The maximum Gasteiger partial charge on any atom is 0.266 e. The van der Waals surface area contributed by atoms with Gasteiger partial charge >= 0.3 is 0 Å². The maximum atomic E-state index is 12.6. The van der Waals surface area contributed by atoms with Crippen molar-refractivity contribution in [2.45, 2.75) is 46.2 Å². The smallest absolute Gasteiger partial charge is 0.266 e. The number of aromatic nitrogens is 6. The van der Waals surface area contributed by atoms with Crippen molar-refractivity contribution in [3.05, 3.63) is 63.3 Å². The molecule has 1 atom stereocenters. The number of nitrogens with zero attached hydrogens (tertiary/aromatic N) is 6. The molecule has 0 unspecified atom stereocenters. The van der Waals surface area contributed by atoms with Gasteiger partial charge in [0.1, 0.15) is 5.69 Å². The standard InChI is InChI=1S/C21H23N7O2S/c1-4-15(12-27-20(30)8-7-16(25-27)17-6-5-9-31-17)23-19(29)11-18-24-21-22-13(2)10-14(3)28(21)26-18/h5-10,15H,4,11-12H2,1-3H3,(H,23,29)/t15-/m0/s1. The fraction of sp³-hybridized carbons (Fsp3) is 0.333. The zero-order valence-electron chi connectivity index (χ0n) is 17.6. The quantitative estimate of drug-likeness (QED) is 0.475. The van der Waals surface area contributed by atoms with Crippen LogP contribution in [0.15, 0.2) is 40.5 Å². The van der Waals surface area contributed by atoms with Gasteiger partial charge in [-0.15, -0.1) is 16.4 Å². The highest BCUT2D eigenvalue weighted by Gasteiger charge is 2.16. The Balaban J connectivity index is 1.46. The van der Waals surface area contributed by atoms with E-state index >= 15 is 0 Å². The van der Waals surface area contributed by atoms with Gasteiger partial charge in [-0.3, -0.25) is 9.59 Å². The lowest BCUT2D eigenvalue weighted by Crippen LogP contribution is -2.41. The Labute approximate surface area is 182 Å². The first-order valence-corrected chi connectivity index (χ1v) is 10.9. The molecule has 4 rings (SSSR count). The summed E-state index contributed by atoms with van der Waals surface area (Å²) < 4.78 is 3.04. The minimum atomic E-state index is -0.240. The number of amides is 1. The number of nitrogens with one attached hydrogen (secondary N) is 1. The molecular weight excluding hydrogens is 414 g/mol. The van der Waals surface area contributed by atoms with E-state index < -0.39 is 0 Å². The average molecular weight is 438 g/mol. The number of fused-ring (bicyclic) bond motifs is 1. The number of aryl methyl sites for hydroxylation is 2. The van der Waals surface area contributed by atoms with E-state index in [2.05, 4.69) is 25.5 Å². The van der Waals surface area contributed by atoms with Crippen molar-refractivity contribution in [2.75, 3.05) is 0 Å². The number of thiophene rings is 1. The molecule has 0 radical (unpaired) electrons. The van der Waals surface area contributed by atoms with Crippen molar-refractivity contribution >= 4 is 23.0 Å². The molecular formula is C21H23N7O2S. The molecule has 4 aromatic heterocycles. The molecule has 1 amide bonds. The van der Waals surface area contributed by atoms with E-state index in [1.165, 1.54) is 10.7 Å². The monoisotopic (exact) mass is 437 g/mol. The highest BCUT2D eigenvalue weighted by molar-refractivity contribution is 7.13. The summed E-state index contributed by atoms with van der Waals surface area (Å²) in [4.78, 5) is 34.6. The van der Waals surface area contributed by atoms with Crippen LogP contribution >= 0.6 is 11.3 Å². The molecule has 0 saturated carbocycles. The van der Waals surface area contributed by atoms with Gasteiger partial charge in [0.2, 0.25) is 5.91 Å². The predicted octanol–water partition coefficient (Wildman–Crippen LogP) is 2.16. The molecule has 0 saturated heterocycles. The second-order valence-corrected chi connectivity index (χ2v) is 8.29. The minimum absolute atomic E-state index is 0.0376. The number of carbonyl (C=O) groups excluding carboxylic acids is 1. The van der Waals surface area contributed by atoms with Crippen molar-refractivity contribution in [2.24, 2.45) is 0 Å². The summed E-state index contributed by atoms with van der Waals surface area (Å²) in [5, 5.41) is 13.8. The molecule has 0 aromatic carbocycles. The van der Waals surface area contributed by atoms with E-state index in [1.54, 1.807) is 21.9 Å². The Morgan fingerprint density at radius 1 is 1.19 bits per heavy atom. The van der Waals surface area contributed by atoms with Crippen molar-refractivity contribution in [3.63, 3.8) is 0 Å². The van der Waals surface area contributed by atoms with Crippen LogP contribution in [0, 0.1) is 13.8 Å². The molecule has 0 aliphatic heterocycles. The second kappa shape index (κ2) is 8.76. The molecule has 9 nitrogen and oxygen atoms in total. The summed E-state index contributed by atoms with van der Waals surface area (Å²) in [6.07, 6.45) is 0.692. The van der Waals surface area contributed by atoms with E-state index in [4.69, 9.17) is 0 Å². The van der Waals surface area contributed by atoms with E-state index in [-0.39, 0.29) is 23.9 Å². The number of rotatable bonds is 7. The molecule has 4 aromatic rings. The number of hydrogen-bond donors (Lipinski definition) is 1. The summed E-state index contributed by atoms with van der Waals surface area (Å²) in [6, 6.07) is 8.80. The normalized spacial score (nSPS) is 12.2. The summed E-state index contributed by atoms with van der Waals surface area (Å²) in [7, 11) is 0. The Kier molecular flexibility index (Phi) is 5.90. The zero-order chi connectivity index (χ0) is 22.0. The van der Waals surface area contributed by atoms with Gasteiger partial charge in [0.15, 0.2) is 5.82 Å². The summed E-state index contributed by atoms with van der Waals surface area (Å²) in [5.74, 6) is 0.677. The Morgan fingerprint density at radius 3 is 2.77 bits per heavy atom. The topological polar surface area (TPSA) is 107 Å². The van der Waals surface area contributed by atoms with Crippen LogP contribution in [-0.4, -0.2) is 41.3 Å². The number of hydrogen-bond acceptors (Lipinski definition) is 7. The summed E-state index contributed by atoms with van der Waals surface area (Å²) in [5.41, 5.74) is 2.29. The minimum Gasteiger partial charge on any atom is -0.351 e. The lowest BCUT2D eigenvalue weighted by atomic mass is 10.2. The third-order valence-corrected chi connectivity index (χ3v) is 5.76. The largest absolute Gasteiger partial charge is 0.351 e. The fourth-order valence-electron chi connectivity index (χ4n) is 3.33. The van der Waals surface area contributed by atoms with Gasteiger partial charge in [-0.1, -0.05) is 13.0 Å². The molecule has 0 aliphatic carbocycles. The van der Waals surface area contributed by atoms with Gasteiger partial charge in [-0.25, -0.2) is 14.2 Å². The maximum absolute atomic E-state index is 12.6. The molecule has 31 heavy (non-hydrogen) atoms. The second-order valence-electron chi connectivity index (χ2n) is 7.34. The van der Waals surface area contributed by atoms with Gasteiger partial charge in [0, 0.05) is 23.5 Å². The van der Waals surface area contributed by atoms with Gasteiger partial charge in [-0.05, 0) is 43.8 Å². The van der Waals surface area contributed by atoms with Crippen LogP contribution in [-0.2, 0) is 17.8 Å². The van der Waals surface area contributed by atoms with Crippen LogP contribution in [0.3, 0.4) is 0 Å². The Bertz CT molecular complexity index is 1280. The van der Waals surface area contributed by atoms with Crippen LogP contribution in [0.1, 0.15) is 30.6 Å². The van der Waals surface area contributed by atoms with Gasteiger partial charge < -0.3 is 5.32 Å². The average Bonchev–Trinajstić information content (AvgIpc) is 3.39. The van der Waals surface area contributed by atoms with Crippen molar-refractivity contribution in [1.82, 2.24) is 34.7 Å². The van der Waals surface area contributed by atoms with Crippen LogP contribution in [0.4, 0.5) is 0 Å². The van der Waals surface area contributed by atoms with Crippen molar-refractivity contribution in [3.8, 4) is 10.6 Å². The third-order valence-electron chi connectivity index (χ3n) is 4.87. The highest BCUT2D eigenvalue weighted by Crippen LogP contribution is 2.21. The molecule has 4 heterocycles. The first-order valence-electron chi connectivity index (χ1n) is 10.0. The van der Waals surface area contributed by atoms with Crippen LogP contribution in [0.25, 0.3) is 16.3 Å². The van der Waals surface area contributed by atoms with Crippen molar-refractivity contribution in [1.29, 1.82) is 0 Å². The summed E-state index contributed by atoms with van der Waals surface area (Å²) in [6.45, 7) is 6.06. The van der Waals surface area contributed by atoms with Crippen LogP contribution in [0.2, 0.25) is 0 Å². The molecule has 160 valence electrons. The van der Waals surface area contributed by atoms with E-state index in [0.29, 0.717) is 24.6 Å². The van der Waals surface area contributed by atoms with E-state index in [0.717, 1.165) is 22.0 Å². The zero-order valence-corrected chi connectivity index (χ0v) is 18.4. The van der Waals surface area contributed by atoms with Gasteiger partial charge in [0.05, 0.1) is 17.8 Å². The van der Waals surface area contributed by atoms with Crippen LogP contribution < -0.4 is 10.9 Å². The van der Waals surface area contributed by atoms with Crippen LogP contribution in [0.5, 0.6) is 0 Å². The molecule has 1 N–H and O–H groups in total. The van der Waals surface area contributed by atoms with Gasteiger partial charge in [-0.2, -0.15) is 10.1 Å². The molecule has 0 spiro atoms. The summed E-state index contributed by atoms with van der Waals surface area (Å²) >= 11 is 1.56. The predicted molar refractivity (Wildman–Crippen MR) is 118 cm³/mol.